The van der Waals surface area contributed by atoms with Gasteiger partial charge in [-0.05, 0) is 0 Å². The molecule has 0 aliphatic carbocycles. The predicted molar refractivity (Wildman–Crippen MR) is 67.1 cm³/mol. The van der Waals surface area contributed by atoms with Gasteiger partial charge >= 0.3 is 107 Å². The Morgan fingerprint density at radius 2 is 2.47 bits per heavy atom. The summed E-state index contributed by atoms with van der Waals surface area (Å²) in [7, 11) is -0.456. The number of hydrogen-bond acceptors (Lipinski definition) is 5. The summed E-state index contributed by atoms with van der Waals surface area (Å²) < 4.78 is 29.3. The number of nitrogen functional groups attached to an aromatic ring is 1. The van der Waals surface area contributed by atoms with Gasteiger partial charge in [-0.25, -0.2) is 0 Å². The number of fused-ring (bicyclic) bond motifs is 1. The Morgan fingerprint density at radius 3 is 3.16 bits per heavy atom. The average molecular weight is 284 g/mol. The number of halogens is 1. The zero-order valence-corrected chi connectivity index (χ0v) is 10.6. The van der Waals surface area contributed by atoms with Crippen molar-refractivity contribution in [2.45, 2.75) is 12.6 Å². The molecule has 0 saturated carbocycles. The summed E-state index contributed by atoms with van der Waals surface area (Å²) in [5.74, 6) is 2.01. The van der Waals surface area contributed by atoms with E-state index in [4.69, 9.17) is 10.5 Å². The van der Waals surface area contributed by atoms with E-state index in [1.165, 1.54) is 4.57 Å². The molecule has 0 aromatic carbocycles. The Hall–Kier alpha value is -1.88. The summed E-state index contributed by atoms with van der Waals surface area (Å²) in [6.07, 6.45) is 0.715. The van der Waals surface area contributed by atoms with Crippen LogP contribution in [0.15, 0.2) is 17.1 Å². The fourth-order valence-corrected chi connectivity index (χ4v) is 1.86. The van der Waals surface area contributed by atoms with E-state index in [2.05, 4.69) is 9.97 Å². The van der Waals surface area contributed by atoms with Gasteiger partial charge in [0.05, 0.1) is 0 Å². The van der Waals surface area contributed by atoms with Gasteiger partial charge in [0, 0.05) is 0 Å². The van der Waals surface area contributed by atoms with Gasteiger partial charge in [0.15, 0.2) is 0 Å². The molecule has 0 saturated heterocycles. The zero-order chi connectivity index (χ0) is 13.8. The number of rotatable bonds is 4. The van der Waals surface area contributed by atoms with Crippen molar-refractivity contribution in [3.05, 3.63) is 22.6 Å². The Morgan fingerprint density at radius 1 is 1.68 bits per heavy atom. The molecule has 2 rings (SSSR count). The summed E-state index contributed by atoms with van der Waals surface area (Å²) in [5.41, 5.74) is 5.43. The molecule has 0 aliphatic rings. The molecule has 0 fully saturated rings. The van der Waals surface area contributed by atoms with E-state index in [0.29, 0.717) is 11.0 Å². The molecule has 0 unspecified atom stereocenters. The molecular formula is C10H10FN4O3P. The van der Waals surface area contributed by atoms with Crippen LogP contribution in [-0.4, -0.2) is 27.3 Å². The van der Waals surface area contributed by atoms with Gasteiger partial charge in [-0.2, -0.15) is 0 Å². The molecule has 0 radical (unpaired) electrons. The Labute approximate surface area is 107 Å². The van der Waals surface area contributed by atoms with Crippen molar-refractivity contribution in [2.24, 2.45) is 0 Å². The molecule has 7 nitrogen and oxygen atoms in total. The standard InChI is InChI=1S/C10H10FN4O3P/c11-3-6(18-5-19-17)4-15-2-1-7-8(15)13-10(12)14-9(7)16/h1-2,6H,3-4H2,(H3,12,13,14,16)/t6-/m1/s1. The molecule has 3 N–H and O–H groups in total. The summed E-state index contributed by atoms with van der Waals surface area (Å²) in [4.78, 5) is 17.9. The summed E-state index contributed by atoms with van der Waals surface area (Å²) in [6, 6.07) is 1.55. The molecule has 2 heterocycles. The minimum atomic E-state index is -0.862. The average Bonchev–Trinajstić information content (AvgIpc) is 2.77. The van der Waals surface area contributed by atoms with Crippen LogP contribution in [0.25, 0.3) is 11.0 Å². The van der Waals surface area contributed by atoms with Gasteiger partial charge in [-0.1, -0.05) is 0 Å². The topological polar surface area (TPSA) is 103 Å². The summed E-state index contributed by atoms with van der Waals surface area (Å²) >= 11 is 0. The molecule has 0 aliphatic heterocycles. The minimum absolute atomic E-state index is 0.0219. The second-order valence-corrected chi connectivity index (χ2v) is 4.10. The van der Waals surface area contributed by atoms with E-state index in [1.807, 2.05) is 5.81 Å². The van der Waals surface area contributed by atoms with Crippen LogP contribution < -0.4 is 11.3 Å². The van der Waals surface area contributed by atoms with Gasteiger partial charge in [-0.3, -0.25) is 0 Å². The Bertz CT molecular complexity index is 751. The number of H-pyrrole nitrogens is 1. The number of aromatic amines is 1. The van der Waals surface area contributed by atoms with Crippen molar-refractivity contribution in [3.8, 4) is 5.81 Å². The summed E-state index contributed by atoms with van der Waals surface area (Å²) in [5, 5.41) is 0.349. The molecule has 0 bridgehead atoms. The van der Waals surface area contributed by atoms with Crippen LogP contribution in [0.2, 0.25) is 0 Å². The second-order valence-electron chi connectivity index (χ2n) is 3.73. The number of nitrogens with zero attached hydrogens (tertiary/aromatic N) is 2. The molecule has 2 aromatic rings. The normalized spacial score (nSPS) is 12.3. The molecule has 0 amide bonds. The van der Waals surface area contributed by atoms with Crippen LogP contribution in [-0.2, 0) is 15.8 Å². The number of nitrogens with one attached hydrogen (secondary N) is 1. The SMILES string of the molecule is Nc1nc2c(ccn2C[C@@H](CF)OC#P=O)c(=O)[nH]1. The van der Waals surface area contributed by atoms with Gasteiger partial charge < -0.3 is 0 Å². The monoisotopic (exact) mass is 284 g/mol. The third kappa shape index (κ3) is 2.93. The fourth-order valence-electron chi connectivity index (χ4n) is 1.67. The van der Waals surface area contributed by atoms with E-state index in [9.17, 15) is 13.8 Å². The number of ether oxygens (including phenoxy) is 1. The molecule has 2 aromatic heterocycles. The van der Waals surface area contributed by atoms with Crippen molar-refractivity contribution in [1.82, 2.24) is 14.5 Å². The van der Waals surface area contributed by atoms with Crippen molar-refractivity contribution in [1.29, 1.82) is 0 Å². The van der Waals surface area contributed by atoms with Crippen LogP contribution in [0.1, 0.15) is 0 Å². The van der Waals surface area contributed by atoms with E-state index >= 15 is 0 Å². The maximum absolute atomic E-state index is 12.7. The van der Waals surface area contributed by atoms with Gasteiger partial charge in [0.2, 0.25) is 0 Å². The number of anilines is 1. The number of aromatic nitrogens is 3. The van der Waals surface area contributed by atoms with Gasteiger partial charge in [0.25, 0.3) is 0 Å². The molecule has 9 heteroatoms. The quantitative estimate of drug-likeness (QED) is 0.811. The Balaban J connectivity index is 2.36. The first-order valence-electron chi connectivity index (χ1n) is 5.29. The van der Waals surface area contributed by atoms with Gasteiger partial charge in [-0.15, -0.1) is 0 Å². The third-order valence-corrected chi connectivity index (χ3v) is 2.66. The molecule has 19 heavy (non-hydrogen) atoms. The van der Waals surface area contributed by atoms with Crippen molar-refractivity contribution in [3.63, 3.8) is 0 Å². The van der Waals surface area contributed by atoms with Crippen LogP contribution in [0.4, 0.5) is 10.3 Å². The Kier molecular flexibility index (Phi) is 4.16. The van der Waals surface area contributed by atoms with Crippen molar-refractivity contribution in [2.75, 3.05) is 12.4 Å². The number of nitrogens with two attached hydrogens (primary N) is 1. The molecular weight excluding hydrogens is 274 g/mol. The molecule has 100 valence electrons. The van der Waals surface area contributed by atoms with Gasteiger partial charge in [0.1, 0.15) is 0 Å². The first-order valence-corrected chi connectivity index (χ1v) is 6.10. The van der Waals surface area contributed by atoms with E-state index in [-0.39, 0.29) is 18.1 Å². The molecule has 0 spiro atoms. The van der Waals surface area contributed by atoms with Crippen LogP contribution in [0, 0.1) is 5.81 Å². The molecule has 1 atom stereocenters. The predicted octanol–water partition coefficient (Wildman–Crippen LogP) is 0.870. The van der Waals surface area contributed by atoms with E-state index in [1.54, 1.807) is 12.3 Å². The number of hydrogen-bond donors (Lipinski definition) is 2. The van der Waals surface area contributed by atoms with Crippen LogP contribution >= 0.6 is 7.92 Å². The second kappa shape index (κ2) is 5.84. The van der Waals surface area contributed by atoms with Crippen molar-refractivity contribution < 1.29 is 13.7 Å². The third-order valence-electron chi connectivity index (χ3n) is 2.48. The van der Waals surface area contributed by atoms with Crippen LogP contribution in [0.5, 0.6) is 0 Å². The van der Waals surface area contributed by atoms with E-state index < -0.39 is 20.7 Å². The fraction of sp³-hybridized carbons (Fsp3) is 0.300. The van der Waals surface area contributed by atoms with E-state index in [0.717, 1.165) is 0 Å². The first-order chi connectivity index (χ1) is 9.15. The first kappa shape index (κ1) is 13.5. The number of alkyl halides is 1. The van der Waals surface area contributed by atoms with Crippen molar-refractivity contribution >= 4 is 24.9 Å². The zero-order valence-electron chi connectivity index (χ0n) is 9.67. The maximum atomic E-state index is 12.7. The summed E-state index contributed by atoms with van der Waals surface area (Å²) in [6.45, 7) is -0.695. The van der Waals surface area contributed by atoms with Crippen LogP contribution in [0.3, 0.4) is 0 Å².